The minimum atomic E-state index is -0.468. The summed E-state index contributed by atoms with van der Waals surface area (Å²) in [5.74, 6) is 1.54. The third kappa shape index (κ3) is 3.07. The molecule has 0 radical (unpaired) electrons. The third-order valence-corrected chi connectivity index (χ3v) is 4.51. The predicted molar refractivity (Wildman–Crippen MR) is 77.1 cm³/mol. The monoisotopic (exact) mass is 262 g/mol. The van der Waals surface area contributed by atoms with E-state index in [1.807, 2.05) is 31.5 Å². The van der Waals surface area contributed by atoms with Crippen molar-refractivity contribution in [2.75, 3.05) is 0 Å². The lowest BCUT2D eigenvalue weighted by Gasteiger charge is -2.31. The zero-order valence-electron chi connectivity index (χ0n) is 12.5. The first-order valence-corrected chi connectivity index (χ1v) is 7.58. The molecule has 1 aliphatic rings. The van der Waals surface area contributed by atoms with Crippen molar-refractivity contribution in [2.24, 2.45) is 5.92 Å². The van der Waals surface area contributed by atoms with Gasteiger partial charge in [-0.05, 0) is 33.6 Å². The Labute approximate surface area is 116 Å². The molecule has 1 aromatic rings. The summed E-state index contributed by atoms with van der Waals surface area (Å²) in [6.07, 6.45) is 12.2. The summed E-state index contributed by atoms with van der Waals surface area (Å²) in [7, 11) is 0. The van der Waals surface area contributed by atoms with E-state index in [-0.39, 0.29) is 5.92 Å². The molecule has 0 unspecified atom stereocenters. The molecule has 1 aromatic heterocycles. The number of imidazole rings is 1. The first-order valence-electron chi connectivity index (χ1n) is 7.58. The number of aryl methyl sites for hydroxylation is 1. The molecule has 106 valence electrons. The molecular formula is C16H26N2O. The van der Waals surface area contributed by atoms with Gasteiger partial charge in [-0.2, -0.15) is 0 Å². The molecule has 1 saturated carbocycles. The number of hydrogen-bond acceptors (Lipinski definition) is 2. The summed E-state index contributed by atoms with van der Waals surface area (Å²) in [6.45, 7) is 6.03. The van der Waals surface area contributed by atoms with Crippen molar-refractivity contribution >= 4 is 5.78 Å². The number of carbonyl (C=O) groups excluding carboxylic acids is 1. The van der Waals surface area contributed by atoms with E-state index in [0.29, 0.717) is 5.78 Å². The van der Waals surface area contributed by atoms with Gasteiger partial charge in [-0.3, -0.25) is 4.79 Å². The fourth-order valence-electron chi connectivity index (χ4n) is 3.31. The molecule has 19 heavy (non-hydrogen) atoms. The van der Waals surface area contributed by atoms with Gasteiger partial charge >= 0.3 is 0 Å². The fourth-order valence-corrected chi connectivity index (χ4v) is 3.31. The van der Waals surface area contributed by atoms with E-state index in [4.69, 9.17) is 0 Å². The average molecular weight is 262 g/mol. The Bertz CT molecular complexity index is 426. The van der Waals surface area contributed by atoms with Gasteiger partial charge in [0.15, 0.2) is 5.78 Å². The first-order chi connectivity index (χ1) is 9.03. The highest BCUT2D eigenvalue weighted by molar-refractivity contribution is 5.88. The molecular weight excluding hydrogens is 236 g/mol. The van der Waals surface area contributed by atoms with Crippen LogP contribution in [0.4, 0.5) is 0 Å². The number of nitrogens with zero attached hydrogens (tertiary/aromatic N) is 2. The van der Waals surface area contributed by atoms with Gasteiger partial charge in [0.2, 0.25) is 0 Å². The van der Waals surface area contributed by atoms with Crippen molar-refractivity contribution in [2.45, 2.75) is 71.3 Å². The standard InChI is InChI=1S/C16H26N2O/c1-13-17-11-12-18(13)16(2,3)15(19)14-9-7-5-4-6-8-10-14/h11-12,14H,4-10H2,1-3H3. The van der Waals surface area contributed by atoms with Gasteiger partial charge in [-0.1, -0.05) is 32.1 Å². The summed E-state index contributed by atoms with van der Waals surface area (Å²) in [4.78, 5) is 17.1. The third-order valence-electron chi connectivity index (χ3n) is 4.51. The molecule has 0 atom stereocenters. The largest absolute Gasteiger partial charge is 0.322 e. The van der Waals surface area contributed by atoms with Crippen molar-refractivity contribution < 1.29 is 4.79 Å². The number of Topliss-reactive ketones (excluding diaryl/α,β-unsaturated/α-hetero) is 1. The number of rotatable bonds is 3. The van der Waals surface area contributed by atoms with E-state index >= 15 is 0 Å². The number of ketones is 1. The summed E-state index contributed by atoms with van der Waals surface area (Å²) >= 11 is 0. The Morgan fingerprint density at radius 2 is 1.79 bits per heavy atom. The Hall–Kier alpha value is -1.12. The van der Waals surface area contributed by atoms with Crippen LogP contribution in [0.5, 0.6) is 0 Å². The lowest BCUT2D eigenvalue weighted by Crippen LogP contribution is -2.40. The van der Waals surface area contributed by atoms with Crippen LogP contribution in [-0.2, 0) is 10.3 Å². The molecule has 0 N–H and O–H groups in total. The molecule has 3 nitrogen and oxygen atoms in total. The lowest BCUT2D eigenvalue weighted by molar-refractivity contribution is -0.131. The van der Waals surface area contributed by atoms with Crippen molar-refractivity contribution in [3.63, 3.8) is 0 Å². The quantitative estimate of drug-likeness (QED) is 0.829. The average Bonchev–Trinajstić information content (AvgIpc) is 2.75. The van der Waals surface area contributed by atoms with Crippen LogP contribution >= 0.6 is 0 Å². The fraction of sp³-hybridized carbons (Fsp3) is 0.750. The lowest BCUT2D eigenvalue weighted by atomic mass is 9.81. The number of carbonyl (C=O) groups is 1. The van der Waals surface area contributed by atoms with Crippen molar-refractivity contribution in [1.82, 2.24) is 9.55 Å². The molecule has 0 saturated heterocycles. The molecule has 0 amide bonds. The van der Waals surface area contributed by atoms with E-state index in [1.165, 1.54) is 32.1 Å². The molecule has 3 heteroatoms. The van der Waals surface area contributed by atoms with Crippen LogP contribution in [0.15, 0.2) is 12.4 Å². The number of aromatic nitrogens is 2. The molecule has 0 bridgehead atoms. The van der Waals surface area contributed by atoms with Crippen LogP contribution in [0, 0.1) is 12.8 Å². The van der Waals surface area contributed by atoms with Crippen LogP contribution in [0.1, 0.15) is 64.6 Å². The Kier molecular flexibility index (Phi) is 4.43. The molecule has 0 aromatic carbocycles. The van der Waals surface area contributed by atoms with Crippen LogP contribution in [0.3, 0.4) is 0 Å². The second kappa shape index (κ2) is 5.89. The predicted octanol–water partition coefficient (Wildman–Crippen LogP) is 3.86. The second-order valence-electron chi connectivity index (χ2n) is 6.31. The van der Waals surface area contributed by atoms with Gasteiger partial charge in [0.05, 0.1) is 5.54 Å². The van der Waals surface area contributed by atoms with Crippen molar-refractivity contribution in [3.8, 4) is 0 Å². The van der Waals surface area contributed by atoms with Gasteiger partial charge in [0.1, 0.15) is 5.82 Å². The van der Waals surface area contributed by atoms with E-state index in [2.05, 4.69) is 4.98 Å². The molecule has 0 aliphatic heterocycles. The maximum atomic E-state index is 12.9. The zero-order valence-corrected chi connectivity index (χ0v) is 12.5. The maximum absolute atomic E-state index is 12.9. The minimum absolute atomic E-state index is 0.233. The van der Waals surface area contributed by atoms with Crippen LogP contribution in [0.25, 0.3) is 0 Å². The SMILES string of the molecule is Cc1nccn1C(C)(C)C(=O)C1CCCCCCC1. The topological polar surface area (TPSA) is 34.9 Å². The molecule has 1 fully saturated rings. The highest BCUT2D eigenvalue weighted by Gasteiger charge is 2.35. The normalized spacial score (nSPS) is 18.9. The van der Waals surface area contributed by atoms with Gasteiger partial charge in [-0.15, -0.1) is 0 Å². The van der Waals surface area contributed by atoms with E-state index in [1.54, 1.807) is 6.20 Å². The maximum Gasteiger partial charge on any atom is 0.161 e. The van der Waals surface area contributed by atoms with Crippen LogP contribution in [0.2, 0.25) is 0 Å². The van der Waals surface area contributed by atoms with Crippen molar-refractivity contribution in [1.29, 1.82) is 0 Å². The molecule has 0 spiro atoms. The summed E-state index contributed by atoms with van der Waals surface area (Å²) in [5, 5.41) is 0. The number of hydrogen-bond donors (Lipinski definition) is 0. The van der Waals surface area contributed by atoms with E-state index < -0.39 is 5.54 Å². The van der Waals surface area contributed by atoms with E-state index in [0.717, 1.165) is 18.7 Å². The smallest absolute Gasteiger partial charge is 0.161 e. The van der Waals surface area contributed by atoms with Crippen LogP contribution < -0.4 is 0 Å². The molecule has 2 rings (SSSR count). The molecule has 1 aliphatic carbocycles. The Balaban J connectivity index is 2.14. The van der Waals surface area contributed by atoms with Gasteiger partial charge in [0.25, 0.3) is 0 Å². The Morgan fingerprint density at radius 1 is 1.21 bits per heavy atom. The van der Waals surface area contributed by atoms with Crippen LogP contribution in [-0.4, -0.2) is 15.3 Å². The first kappa shape index (κ1) is 14.3. The summed E-state index contributed by atoms with van der Waals surface area (Å²) in [6, 6.07) is 0. The highest BCUT2D eigenvalue weighted by atomic mass is 16.1. The minimum Gasteiger partial charge on any atom is -0.322 e. The summed E-state index contributed by atoms with van der Waals surface area (Å²) in [5.41, 5.74) is -0.468. The second-order valence-corrected chi connectivity index (χ2v) is 6.31. The highest BCUT2D eigenvalue weighted by Crippen LogP contribution is 2.30. The van der Waals surface area contributed by atoms with Crippen molar-refractivity contribution in [3.05, 3.63) is 18.2 Å². The van der Waals surface area contributed by atoms with Gasteiger partial charge in [-0.25, -0.2) is 4.98 Å². The summed E-state index contributed by atoms with van der Waals surface area (Å²) < 4.78 is 2.02. The molecule has 1 heterocycles. The van der Waals surface area contributed by atoms with Gasteiger partial charge in [0, 0.05) is 18.3 Å². The zero-order chi connectivity index (χ0) is 13.9. The Morgan fingerprint density at radius 3 is 2.32 bits per heavy atom. The van der Waals surface area contributed by atoms with Gasteiger partial charge < -0.3 is 4.57 Å². The van der Waals surface area contributed by atoms with E-state index in [9.17, 15) is 4.79 Å².